The van der Waals surface area contributed by atoms with Crippen LogP contribution in [0.2, 0.25) is 0 Å². The van der Waals surface area contributed by atoms with E-state index in [0.29, 0.717) is 0 Å². The van der Waals surface area contributed by atoms with Crippen LogP contribution in [-0.2, 0) is 0 Å². The molecule has 0 aliphatic rings. The first-order valence-corrected chi connectivity index (χ1v) is 13.3. The third-order valence-corrected chi connectivity index (χ3v) is 15.1. The Morgan fingerprint density at radius 1 is 0.750 bits per heavy atom. The Morgan fingerprint density at radius 2 is 1.00 bits per heavy atom. The summed E-state index contributed by atoms with van der Waals surface area (Å²) in [5, 5.41) is 0. The van der Waals surface area contributed by atoms with E-state index < -0.39 is 1.89 Å². The molecule has 0 bridgehead atoms. The summed E-state index contributed by atoms with van der Waals surface area (Å²) < 4.78 is -1.27. The third-order valence-electron chi connectivity index (χ3n) is 2.13. The van der Waals surface area contributed by atoms with Gasteiger partial charge in [-0.25, -0.2) is 0 Å². The molecule has 0 amide bonds. The van der Waals surface area contributed by atoms with Crippen molar-refractivity contribution in [1.82, 2.24) is 0 Å². The third kappa shape index (κ3) is 4.94. The quantitative estimate of drug-likeness (QED) is 0.400. The van der Waals surface area contributed by atoms with Crippen molar-refractivity contribution >= 4 is 46.0 Å². The fraction of sp³-hybridized carbons (Fsp3) is 1.00. The molecule has 0 heterocycles. The topological polar surface area (TPSA) is 0 Å². The van der Waals surface area contributed by atoms with E-state index in [1.807, 2.05) is 0 Å². The zero-order chi connectivity index (χ0) is 9.69. The monoisotopic (exact) mass is 414 g/mol. The van der Waals surface area contributed by atoms with E-state index in [2.05, 4.69) is 64.9 Å². The van der Waals surface area contributed by atoms with Gasteiger partial charge in [-0.2, -0.15) is 0 Å². The van der Waals surface area contributed by atoms with Crippen LogP contribution in [0.1, 0.15) is 40.0 Å². The van der Waals surface area contributed by atoms with Gasteiger partial charge in [-0.15, -0.1) is 0 Å². The van der Waals surface area contributed by atoms with Crippen LogP contribution in [0.15, 0.2) is 0 Å². The Bertz CT molecular complexity index is 111. The number of rotatable bonds is 6. The molecular formula is C9H21I2P. The van der Waals surface area contributed by atoms with E-state index in [1.165, 1.54) is 37.7 Å². The molecule has 0 saturated heterocycles. The summed E-state index contributed by atoms with van der Waals surface area (Å²) in [7, 11) is 0. The first-order chi connectivity index (χ1) is 5.46. The van der Waals surface area contributed by atoms with Crippen molar-refractivity contribution in [3.8, 4) is 0 Å². The summed E-state index contributed by atoms with van der Waals surface area (Å²) in [5.74, 6) is 0. The summed E-state index contributed by atoms with van der Waals surface area (Å²) in [6.07, 6.45) is 8.54. The molecule has 0 saturated carbocycles. The van der Waals surface area contributed by atoms with Gasteiger partial charge in [0.2, 0.25) is 0 Å². The van der Waals surface area contributed by atoms with Crippen LogP contribution in [0.5, 0.6) is 0 Å². The first-order valence-electron chi connectivity index (χ1n) is 4.91. The Kier molecular flexibility index (Phi) is 6.59. The average molecular weight is 414 g/mol. The SMILES string of the molecule is CCCP(I)(I)(CCC)CCC. The van der Waals surface area contributed by atoms with Crippen LogP contribution < -0.4 is 0 Å². The van der Waals surface area contributed by atoms with Gasteiger partial charge in [0.25, 0.3) is 0 Å². The number of hydrogen-bond donors (Lipinski definition) is 0. The molecule has 0 fully saturated rings. The van der Waals surface area contributed by atoms with Crippen LogP contribution in [0, 0.1) is 0 Å². The number of hydrogen-bond acceptors (Lipinski definition) is 0. The van der Waals surface area contributed by atoms with Gasteiger partial charge in [0.1, 0.15) is 0 Å². The molecule has 0 aromatic carbocycles. The molecule has 0 aliphatic heterocycles. The standard InChI is InChI=1S/C9H21I2P/c1-4-7-12(10,11,8-5-2)9-6-3/h4-9H2,1-3H3. The van der Waals surface area contributed by atoms with Gasteiger partial charge < -0.3 is 0 Å². The predicted molar refractivity (Wildman–Crippen MR) is 80.4 cm³/mol. The zero-order valence-corrected chi connectivity index (χ0v) is 13.7. The zero-order valence-electron chi connectivity index (χ0n) is 8.45. The second kappa shape index (κ2) is 5.69. The maximum atomic E-state index is 2.83. The van der Waals surface area contributed by atoms with E-state index in [1.54, 1.807) is 0 Å². The molecule has 0 aliphatic carbocycles. The molecule has 12 heavy (non-hydrogen) atoms. The van der Waals surface area contributed by atoms with Crippen LogP contribution >= 0.6 is 46.0 Å². The van der Waals surface area contributed by atoms with Crippen molar-refractivity contribution in [2.45, 2.75) is 40.0 Å². The Labute approximate surface area is 104 Å². The van der Waals surface area contributed by atoms with Crippen molar-refractivity contribution in [3.63, 3.8) is 0 Å². The Hall–Kier alpha value is 1.89. The van der Waals surface area contributed by atoms with Crippen molar-refractivity contribution in [2.75, 3.05) is 18.5 Å². The fourth-order valence-corrected chi connectivity index (χ4v) is 14.1. The van der Waals surface area contributed by atoms with Crippen LogP contribution in [0.25, 0.3) is 0 Å². The second-order valence-electron chi connectivity index (χ2n) is 3.62. The maximum absolute atomic E-state index is 2.83. The van der Waals surface area contributed by atoms with Crippen LogP contribution in [-0.4, -0.2) is 18.5 Å². The van der Waals surface area contributed by atoms with Gasteiger partial charge in [0.15, 0.2) is 0 Å². The molecule has 0 unspecified atom stereocenters. The second-order valence-corrected chi connectivity index (χ2v) is 28.6. The van der Waals surface area contributed by atoms with E-state index in [-0.39, 0.29) is 0 Å². The van der Waals surface area contributed by atoms with Crippen molar-refractivity contribution in [2.24, 2.45) is 0 Å². The molecule has 0 nitrogen and oxygen atoms in total. The molecule has 0 radical (unpaired) electrons. The van der Waals surface area contributed by atoms with Gasteiger partial charge in [0.05, 0.1) is 0 Å². The van der Waals surface area contributed by atoms with Crippen LogP contribution in [0.4, 0.5) is 0 Å². The average Bonchev–Trinajstić information content (AvgIpc) is 1.86. The summed E-state index contributed by atoms with van der Waals surface area (Å²) in [4.78, 5) is 0. The number of halogens is 2. The van der Waals surface area contributed by atoms with Gasteiger partial charge in [0, 0.05) is 0 Å². The van der Waals surface area contributed by atoms with Crippen molar-refractivity contribution in [3.05, 3.63) is 0 Å². The molecule has 76 valence electrons. The molecule has 0 aromatic heterocycles. The minimum atomic E-state index is -1.27. The van der Waals surface area contributed by atoms with E-state index in [9.17, 15) is 0 Å². The molecule has 0 N–H and O–H groups in total. The van der Waals surface area contributed by atoms with E-state index in [0.717, 1.165) is 0 Å². The molecule has 0 aromatic rings. The van der Waals surface area contributed by atoms with Gasteiger partial charge in [-0.05, 0) is 0 Å². The normalized spacial score (nSPS) is 15.6. The summed E-state index contributed by atoms with van der Waals surface area (Å²) in [6.45, 7) is 6.97. The van der Waals surface area contributed by atoms with E-state index >= 15 is 0 Å². The summed E-state index contributed by atoms with van der Waals surface area (Å²) in [5.41, 5.74) is 0. The Morgan fingerprint density at radius 3 is 1.17 bits per heavy atom. The molecule has 0 atom stereocenters. The molecule has 0 spiro atoms. The fourth-order valence-electron chi connectivity index (χ4n) is 1.79. The van der Waals surface area contributed by atoms with E-state index in [4.69, 9.17) is 0 Å². The predicted octanol–water partition coefficient (Wildman–Crippen LogP) is 5.47. The van der Waals surface area contributed by atoms with Gasteiger partial charge >= 0.3 is 104 Å². The first kappa shape index (κ1) is 13.9. The van der Waals surface area contributed by atoms with Gasteiger partial charge in [-0.1, -0.05) is 0 Å². The van der Waals surface area contributed by atoms with Crippen LogP contribution in [0.3, 0.4) is 0 Å². The molecular weight excluding hydrogens is 393 g/mol. The molecule has 0 rings (SSSR count). The van der Waals surface area contributed by atoms with Crippen molar-refractivity contribution < 1.29 is 0 Å². The summed E-state index contributed by atoms with van der Waals surface area (Å²) >= 11 is 5.65. The summed E-state index contributed by atoms with van der Waals surface area (Å²) in [6, 6.07) is 0. The van der Waals surface area contributed by atoms with Gasteiger partial charge in [-0.3, -0.25) is 0 Å². The molecule has 3 heteroatoms. The Balaban J connectivity index is 4.31. The van der Waals surface area contributed by atoms with Crippen molar-refractivity contribution in [1.29, 1.82) is 0 Å². The minimum absolute atomic E-state index is 1.27.